The van der Waals surface area contributed by atoms with Crippen molar-refractivity contribution in [2.45, 2.75) is 6.92 Å². The predicted molar refractivity (Wildman–Crippen MR) is 87.2 cm³/mol. The molecular formula is C18H16N2O3. The molecule has 0 aliphatic heterocycles. The Morgan fingerprint density at radius 3 is 2.48 bits per heavy atom. The van der Waals surface area contributed by atoms with E-state index in [-0.39, 0.29) is 5.69 Å². The number of hydrogen-bond donors (Lipinski definition) is 1. The molecule has 0 saturated heterocycles. The van der Waals surface area contributed by atoms with E-state index in [1.807, 2.05) is 55.5 Å². The Labute approximate surface area is 133 Å². The summed E-state index contributed by atoms with van der Waals surface area (Å²) in [4.78, 5) is 11.3. The Bertz CT molecular complexity index is 851. The Balaban J connectivity index is 2.23. The van der Waals surface area contributed by atoms with Crippen molar-refractivity contribution in [3.05, 3.63) is 65.9 Å². The van der Waals surface area contributed by atoms with E-state index in [4.69, 9.17) is 4.74 Å². The highest BCUT2D eigenvalue weighted by Crippen LogP contribution is 2.31. The van der Waals surface area contributed by atoms with Crippen molar-refractivity contribution in [2.75, 3.05) is 7.11 Å². The number of ether oxygens (including phenoxy) is 1. The summed E-state index contributed by atoms with van der Waals surface area (Å²) in [5.41, 5.74) is 3.37. The topological polar surface area (TPSA) is 64.3 Å². The van der Waals surface area contributed by atoms with Crippen LogP contribution in [0.2, 0.25) is 0 Å². The second-order valence-corrected chi connectivity index (χ2v) is 5.17. The van der Waals surface area contributed by atoms with Crippen LogP contribution in [0.4, 0.5) is 0 Å². The molecule has 0 fully saturated rings. The maximum absolute atomic E-state index is 11.3. The summed E-state index contributed by atoms with van der Waals surface area (Å²) in [5, 5.41) is 13.5. The lowest BCUT2D eigenvalue weighted by Gasteiger charge is -2.11. The van der Waals surface area contributed by atoms with Crippen molar-refractivity contribution in [3.63, 3.8) is 0 Å². The minimum Gasteiger partial charge on any atom is -0.496 e. The number of methoxy groups -OCH3 is 1. The summed E-state index contributed by atoms with van der Waals surface area (Å²) in [6.45, 7) is 2.00. The number of nitrogens with zero attached hydrogens (tertiary/aromatic N) is 2. The first-order chi connectivity index (χ1) is 11.1. The van der Waals surface area contributed by atoms with Gasteiger partial charge in [0.05, 0.1) is 18.5 Å². The third kappa shape index (κ3) is 2.81. The van der Waals surface area contributed by atoms with Gasteiger partial charge in [-0.1, -0.05) is 29.8 Å². The standard InChI is InChI=1S/C18H16N2O3/c1-12-7-9-13(10-8-12)20-16(11-15(19-20)18(21)22)14-5-3-4-6-17(14)23-2/h3-11H,1-2H3,(H,21,22). The van der Waals surface area contributed by atoms with Gasteiger partial charge in [-0.2, -0.15) is 5.10 Å². The second kappa shape index (κ2) is 5.96. The van der Waals surface area contributed by atoms with Crippen LogP contribution in [0.25, 0.3) is 16.9 Å². The number of benzene rings is 2. The van der Waals surface area contributed by atoms with Gasteiger partial charge < -0.3 is 9.84 Å². The highest BCUT2D eigenvalue weighted by molar-refractivity contribution is 5.87. The maximum Gasteiger partial charge on any atom is 0.356 e. The van der Waals surface area contributed by atoms with E-state index < -0.39 is 5.97 Å². The molecule has 0 aliphatic carbocycles. The molecule has 1 aromatic heterocycles. The minimum atomic E-state index is -1.06. The van der Waals surface area contributed by atoms with Gasteiger partial charge in [0, 0.05) is 5.56 Å². The van der Waals surface area contributed by atoms with E-state index in [9.17, 15) is 9.90 Å². The molecule has 0 unspecified atom stereocenters. The zero-order valence-corrected chi connectivity index (χ0v) is 12.9. The lowest BCUT2D eigenvalue weighted by molar-refractivity contribution is 0.0690. The first kappa shape index (κ1) is 14.8. The predicted octanol–water partition coefficient (Wildman–Crippen LogP) is 3.55. The number of carboxylic acids is 1. The molecule has 0 amide bonds. The van der Waals surface area contributed by atoms with Crippen LogP contribution in [0.1, 0.15) is 16.1 Å². The van der Waals surface area contributed by atoms with Crippen LogP contribution >= 0.6 is 0 Å². The minimum absolute atomic E-state index is 0.00789. The van der Waals surface area contributed by atoms with Crippen molar-refractivity contribution in [1.29, 1.82) is 0 Å². The molecule has 0 spiro atoms. The molecule has 116 valence electrons. The van der Waals surface area contributed by atoms with Crippen molar-refractivity contribution in [3.8, 4) is 22.7 Å². The largest absolute Gasteiger partial charge is 0.496 e. The number of carboxylic acid groups (broad SMARTS) is 1. The fraction of sp³-hybridized carbons (Fsp3) is 0.111. The third-order valence-corrected chi connectivity index (χ3v) is 3.59. The van der Waals surface area contributed by atoms with Gasteiger partial charge in [0.1, 0.15) is 5.75 Å². The van der Waals surface area contributed by atoms with Crippen molar-refractivity contribution in [2.24, 2.45) is 0 Å². The summed E-state index contributed by atoms with van der Waals surface area (Å²) < 4.78 is 7.02. The fourth-order valence-corrected chi connectivity index (χ4v) is 2.42. The highest BCUT2D eigenvalue weighted by atomic mass is 16.5. The Hall–Kier alpha value is -3.08. The van der Waals surface area contributed by atoms with E-state index in [2.05, 4.69) is 5.10 Å². The molecule has 0 aliphatic rings. The average molecular weight is 308 g/mol. The van der Waals surface area contributed by atoms with Crippen LogP contribution in [0.3, 0.4) is 0 Å². The van der Waals surface area contributed by atoms with E-state index in [0.29, 0.717) is 11.4 Å². The maximum atomic E-state index is 11.3. The van der Waals surface area contributed by atoms with Crippen LogP contribution in [0.15, 0.2) is 54.6 Å². The first-order valence-electron chi connectivity index (χ1n) is 7.14. The van der Waals surface area contributed by atoms with Crippen molar-refractivity contribution in [1.82, 2.24) is 9.78 Å². The quantitative estimate of drug-likeness (QED) is 0.800. The van der Waals surface area contributed by atoms with Crippen LogP contribution < -0.4 is 4.74 Å². The zero-order chi connectivity index (χ0) is 16.4. The monoisotopic (exact) mass is 308 g/mol. The molecule has 5 heteroatoms. The number of para-hydroxylation sites is 1. The van der Waals surface area contributed by atoms with Crippen LogP contribution in [-0.2, 0) is 0 Å². The molecule has 3 aromatic rings. The summed E-state index contributed by atoms with van der Waals surface area (Å²) in [6.07, 6.45) is 0. The van der Waals surface area contributed by atoms with Crippen LogP contribution in [0, 0.1) is 6.92 Å². The molecule has 3 rings (SSSR count). The lowest BCUT2D eigenvalue weighted by atomic mass is 10.1. The Morgan fingerprint density at radius 1 is 1.13 bits per heavy atom. The van der Waals surface area contributed by atoms with Gasteiger partial charge in [0.15, 0.2) is 5.69 Å². The van der Waals surface area contributed by atoms with Crippen molar-refractivity contribution < 1.29 is 14.6 Å². The smallest absolute Gasteiger partial charge is 0.356 e. The van der Waals surface area contributed by atoms with Crippen molar-refractivity contribution >= 4 is 5.97 Å². The number of carbonyl (C=O) groups is 1. The SMILES string of the molecule is COc1ccccc1-c1cc(C(=O)O)nn1-c1ccc(C)cc1. The first-order valence-corrected chi connectivity index (χ1v) is 7.14. The number of hydrogen-bond acceptors (Lipinski definition) is 3. The van der Waals surface area contributed by atoms with Gasteiger partial charge in [-0.25, -0.2) is 9.48 Å². The lowest BCUT2D eigenvalue weighted by Crippen LogP contribution is -2.02. The normalized spacial score (nSPS) is 10.5. The summed E-state index contributed by atoms with van der Waals surface area (Å²) in [7, 11) is 1.59. The van der Waals surface area contributed by atoms with Crippen LogP contribution in [-0.4, -0.2) is 28.0 Å². The molecule has 2 aromatic carbocycles. The molecular weight excluding hydrogens is 292 g/mol. The van der Waals surface area contributed by atoms with Gasteiger partial charge in [0.25, 0.3) is 0 Å². The summed E-state index contributed by atoms with van der Waals surface area (Å²) >= 11 is 0. The molecule has 1 N–H and O–H groups in total. The van der Waals surface area contributed by atoms with Gasteiger partial charge in [-0.3, -0.25) is 0 Å². The number of aryl methyl sites for hydroxylation is 1. The van der Waals surface area contributed by atoms with Crippen LogP contribution in [0.5, 0.6) is 5.75 Å². The summed E-state index contributed by atoms with van der Waals surface area (Å²) in [6, 6.07) is 16.8. The molecule has 0 radical (unpaired) electrons. The molecule has 23 heavy (non-hydrogen) atoms. The van der Waals surface area contributed by atoms with Gasteiger partial charge >= 0.3 is 5.97 Å². The van der Waals surface area contributed by atoms with Gasteiger partial charge in [-0.15, -0.1) is 0 Å². The van der Waals surface area contributed by atoms with E-state index in [1.165, 1.54) is 0 Å². The van der Waals surface area contributed by atoms with E-state index in [0.717, 1.165) is 16.8 Å². The molecule has 0 atom stereocenters. The third-order valence-electron chi connectivity index (χ3n) is 3.59. The van der Waals surface area contributed by atoms with E-state index in [1.54, 1.807) is 17.9 Å². The molecule has 0 bridgehead atoms. The number of aromatic carboxylic acids is 1. The summed E-state index contributed by atoms with van der Waals surface area (Å²) in [5.74, 6) is -0.398. The Morgan fingerprint density at radius 2 is 1.83 bits per heavy atom. The highest BCUT2D eigenvalue weighted by Gasteiger charge is 2.18. The second-order valence-electron chi connectivity index (χ2n) is 5.17. The average Bonchev–Trinajstić information content (AvgIpc) is 3.01. The molecule has 0 saturated carbocycles. The fourth-order valence-electron chi connectivity index (χ4n) is 2.42. The number of rotatable bonds is 4. The van der Waals surface area contributed by atoms with Gasteiger partial charge in [-0.05, 0) is 37.3 Å². The molecule has 5 nitrogen and oxygen atoms in total. The zero-order valence-electron chi connectivity index (χ0n) is 12.9. The number of aromatic nitrogens is 2. The van der Waals surface area contributed by atoms with Gasteiger partial charge in [0.2, 0.25) is 0 Å². The molecule has 1 heterocycles. The Kier molecular flexibility index (Phi) is 3.85. The van der Waals surface area contributed by atoms with E-state index >= 15 is 0 Å².